The lowest BCUT2D eigenvalue weighted by molar-refractivity contribution is -0.274. The summed E-state index contributed by atoms with van der Waals surface area (Å²) in [7, 11) is 0. The second-order valence-corrected chi connectivity index (χ2v) is 6.66. The number of anilines is 1. The fourth-order valence-electron chi connectivity index (χ4n) is 3.14. The van der Waals surface area contributed by atoms with E-state index in [1.54, 1.807) is 28.8 Å². The summed E-state index contributed by atoms with van der Waals surface area (Å²) in [5.74, 6) is -0.868. The van der Waals surface area contributed by atoms with Gasteiger partial charge in [0.25, 0.3) is 0 Å². The first-order chi connectivity index (χ1) is 14.8. The first-order valence-corrected chi connectivity index (χ1v) is 9.16. The standard InChI is InChI=1S/C22H15F4N3O2/c23-16-8-4-14(5-9-16)13-19(30)28-21-20(29-12-2-1-3-18(29)27-21)15-6-10-17(11-7-15)31-22(24,25)26/h1-12H,13H2,(H,28,30). The summed E-state index contributed by atoms with van der Waals surface area (Å²) >= 11 is 0. The number of halogens is 4. The Bertz CT molecular complexity index is 1220. The molecule has 0 aliphatic carbocycles. The number of imidazole rings is 1. The largest absolute Gasteiger partial charge is 0.573 e. The molecule has 4 rings (SSSR count). The predicted molar refractivity (Wildman–Crippen MR) is 106 cm³/mol. The Morgan fingerprint density at radius 3 is 2.39 bits per heavy atom. The molecule has 0 bridgehead atoms. The Labute approximate surface area is 173 Å². The van der Waals surface area contributed by atoms with E-state index in [0.717, 1.165) is 0 Å². The van der Waals surface area contributed by atoms with Gasteiger partial charge in [0.05, 0.1) is 12.1 Å². The van der Waals surface area contributed by atoms with Crippen LogP contribution in [0.4, 0.5) is 23.4 Å². The van der Waals surface area contributed by atoms with Crippen LogP contribution in [0.15, 0.2) is 72.9 Å². The van der Waals surface area contributed by atoms with E-state index in [1.165, 1.54) is 48.5 Å². The fourth-order valence-corrected chi connectivity index (χ4v) is 3.14. The van der Waals surface area contributed by atoms with Crippen LogP contribution in [0.25, 0.3) is 16.9 Å². The molecular formula is C22H15F4N3O2. The minimum Gasteiger partial charge on any atom is -0.406 e. The van der Waals surface area contributed by atoms with Crippen LogP contribution in [-0.4, -0.2) is 21.7 Å². The number of alkyl halides is 3. The molecule has 0 aliphatic heterocycles. The van der Waals surface area contributed by atoms with Gasteiger partial charge in [-0.2, -0.15) is 0 Å². The molecule has 1 amide bonds. The number of fused-ring (bicyclic) bond motifs is 1. The fraction of sp³-hybridized carbons (Fsp3) is 0.0909. The van der Waals surface area contributed by atoms with Gasteiger partial charge in [-0.3, -0.25) is 9.20 Å². The number of ether oxygens (including phenoxy) is 1. The molecule has 0 spiro atoms. The molecule has 2 aromatic carbocycles. The quantitative estimate of drug-likeness (QED) is 0.443. The lowest BCUT2D eigenvalue weighted by Gasteiger charge is -2.10. The van der Waals surface area contributed by atoms with Gasteiger partial charge < -0.3 is 10.1 Å². The van der Waals surface area contributed by atoms with Crippen molar-refractivity contribution in [2.24, 2.45) is 0 Å². The number of amides is 1. The molecule has 9 heteroatoms. The number of rotatable bonds is 5. The molecule has 0 unspecified atom stereocenters. The summed E-state index contributed by atoms with van der Waals surface area (Å²) in [6, 6.07) is 16.1. The molecule has 158 valence electrons. The van der Waals surface area contributed by atoms with Gasteiger partial charge in [-0.05, 0) is 54.1 Å². The second-order valence-electron chi connectivity index (χ2n) is 6.66. The van der Waals surface area contributed by atoms with E-state index in [0.29, 0.717) is 22.5 Å². The maximum absolute atomic E-state index is 13.1. The van der Waals surface area contributed by atoms with Crippen molar-refractivity contribution in [3.05, 3.63) is 84.3 Å². The Hall–Kier alpha value is -3.88. The number of nitrogens with zero attached hydrogens (tertiary/aromatic N) is 2. The van der Waals surface area contributed by atoms with E-state index in [9.17, 15) is 22.4 Å². The van der Waals surface area contributed by atoms with Crippen LogP contribution in [-0.2, 0) is 11.2 Å². The highest BCUT2D eigenvalue weighted by Gasteiger charge is 2.31. The zero-order valence-electron chi connectivity index (χ0n) is 15.9. The number of nitrogens with one attached hydrogen (secondary N) is 1. The van der Waals surface area contributed by atoms with Gasteiger partial charge in [-0.15, -0.1) is 13.2 Å². The second kappa shape index (κ2) is 8.10. The number of aromatic nitrogens is 2. The van der Waals surface area contributed by atoms with Crippen LogP contribution in [0.1, 0.15) is 5.56 Å². The van der Waals surface area contributed by atoms with Gasteiger partial charge in [-0.1, -0.05) is 18.2 Å². The summed E-state index contributed by atoms with van der Waals surface area (Å²) < 4.78 is 56.0. The third-order valence-corrected chi connectivity index (χ3v) is 4.43. The highest BCUT2D eigenvalue weighted by Crippen LogP contribution is 2.31. The van der Waals surface area contributed by atoms with Crippen molar-refractivity contribution >= 4 is 17.4 Å². The van der Waals surface area contributed by atoms with Crippen molar-refractivity contribution in [1.29, 1.82) is 0 Å². The molecule has 31 heavy (non-hydrogen) atoms. The van der Waals surface area contributed by atoms with Crippen LogP contribution >= 0.6 is 0 Å². The Morgan fingerprint density at radius 1 is 1.00 bits per heavy atom. The molecule has 2 heterocycles. The normalized spacial score (nSPS) is 11.5. The molecule has 0 atom stereocenters. The third-order valence-electron chi connectivity index (χ3n) is 4.43. The van der Waals surface area contributed by atoms with Crippen molar-refractivity contribution < 1.29 is 27.1 Å². The highest BCUT2D eigenvalue weighted by atomic mass is 19.4. The summed E-state index contributed by atoms with van der Waals surface area (Å²) in [4.78, 5) is 17.0. The minimum atomic E-state index is -4.79. The maximum atomic E-state index is 13.1. The summed E-state index contributed by atoms with van der Waals surface area (Å²) in [6.45, 7) is 0. The summed E-state index contributed by atoms with van der Waals surface area (Å²) in [5.41, 5.74) is 2.20. The van der Waals surface area contributed by atoms with Crippen molar-refractivity contribution in [3.63, 3.8) is 0 Å². The van der Waals surface area contributed by atoms with E-state index in [4.69, 9.17) is 0 Å². The van der Waals surface area contributed by atoms with Crippen molar-refractivity contribution in [2.45, 2.75) is 12.8 Å². The molecule has 0 aliphatic rings. The molecule has 5 nitrogen and oxygen atoms in total. The van der Waals surface area contributed by atoms with Crippen molar-refractivity contribution in [3.8, 4) is 17.0 Å². The Balaban J connectivity index is 1.64. The van der Waals surface area contributed by atoms with Crippen LogP contribution < -0.4 is 10.1 Å². The van der Waals surface area contributed by atoms with Gasteiger partial charge >= 0.3 is 6.36 Å². The van der Waals surface area contributed by atoms with E-state index >= 15 is 0 Å². The van der Waals surface area contributed by atoms with Gasteiger partial charge in [0.15, 0.2) is 5.82 Å². The molecule has 2 aromatic heterocycles. The monoisotopic (exact) mass is 429 g/mol. The summed E-state index contributed by atoms with van der Waals surface area (Å²) in [5, 5.41) is 2.74. The number of pyridine rings is 1. The molecule has 0 fully saturated rings. The van der Waals surface area contributed by atoms with E-state index < -0.39 is 12.2 Å². The highest BCUT2D eigenvalue weighted by molar-refractivity contribution is 5.95. The predicted octanol–water partition coefficient (Wildman–Crippen LogP) is 5.22. The van der Waals surface area contributed by atoms with Gasteiger partial charge in [0.1, 0.15) is 17.2 Å². The molecule has 0 radical (unpaired) electrons. The van der Waals surface area contributed by atoms with Crippen LogP contribution in [0, 0.1) is 5.82 Å². The average molecular weight is 429 g/mol. The van der Waals surface area contributed by atoms with Crippen molar-refractivity contribution in [2.75, 3.05) is 5.32 Å². The van der Waals surface area contributed by atoms with Gasteiger partial charge in [-0.25, -0.2) is 9.37 Å². The zero-order chi connectivity index (χ0) is 22.0. The zero-order valence-corrected chi connectivity index (χ0v) is 15.9. The number of carbonyl (C=O) groups is 1. The Kier molecular flexibility index (Phi) is 5.33. The van der Waals surface area contributed by atoms with Crippen LogP contribution in [0.2, 0.25) is 0 Å². The summed E-state index contributed by atoms with van der Waals surface area (Å²) in [6.07, 6.45) is -3.05. The number of carbonyl (C=O) groups excluding carboxylic acids is 1. The minimum absolute atomic E-state index is 0.00591. The molecule has 0 saturated heterocycles. The molecule has 0 saturated carbocycles. The number of benzene rings is 2. The lowest BCUT2D eigenvalue weighted by atomic mass is 10.1. The van der Waals surface area contributed by atoms with E-state index in [2.05, 4.69) is 15.0 Å². The molecule has 4 aromatic rings. The number of hydrogen-bond acceptors (Lipinski definition) is 3. The smallest absolute Gasteiger partial charge is 0.406 e. The van der Waals surface area contributed by atoms with Gasteiger partial charge in [0, 0.05) is 11.8 Å². The Morgan fingerprint density at radius 2 is 1.71 bits per heavy atom. The van der Waals surface area contributed by atoms with Crippen molar-refractivity contribution in [1.82, 2.24) is 9.38 Å². The van der Waals surface area contributed by atoms with Crippen LogP contribution in [0.3, 0.4) is 0 Å². The van der Waals surface area contributed by atoms with Crippen LogP contribution in [0.5, 0.6) is 5.75 Å². The van der Waals surface area contributed by atoms with E-state index in [1.807, 2.05) is 0 Å². The first-order valence-electron chi connectivity index (χ1n) is 9.16. The average Bonchev–Trinajstić information content (AvgIpc) is 3.07. The first kappa shape index (κ1) is 20.4. The topological polar surface area (TPSA) is 55.6 Å². The molecule has 1 N–H and O–H groups in total. The molecular weight excluding hydrogens is 414 g/mol. The van der Waals surface area contributed by atoms with Gasteiger partial charge in [0.2, 0.25) is 5.91 Å². The lowest BCUT2D eigenvalue weighted by Crippen LogP contribution is -2.17. The third kappa shape index (κ3) is 4.82. The number of hydrogen-bond donors (Lipinski definition) is 1. The SMILES string of the molecule is O=C(Cc1ccc(F)cc1)Nc1nc2ccccn2c1-c1ccc(OC(F)(F)F)cc1. The maximum Gasteiger partial charge on any atom is 0.573 e. The van der Waals surface area contributed by atoms with E-state index in [-0.39, 0.29) is 23.9 Å².